The van der Waals surface area contributed by atoms with E-state index in [1.807, 2.05) is 36.4 Å². The second-order valence-corrected chi connectivity index (χ2v) is 12.5. The molecule has 4 saturated carbocycles. The third-order valence-corrected chi connectivity index (χ3v) is 9.20. The topological polar surface area (TPSA) is 64.9 Å². The SMILES string of the molecule is CC(C)C[C@H](Nc1ccc(C#N)c2ccccc12)C(=O)NC(C)(C)C12CC3CC(CC(C3)C1)C2. The fraction of sp³-hybridized carbons (Fsp3) is 0.600. The first-order valence-electron chi connectivity index (χ1n) is 13.2. The lowest BCUT2D eigenvalue weighted by atomic mass is 9.45. The van der Waals surface area contributed by atoms with Gasteiger partial charge in [-0.25, -0.2) is 0 Å². The molecule has 0 radical (unpaired) electrons. The second-order valence-electron chi connectivity index (χ2n) is 12.5. The molecule has 0 unspecified atom stereocenters. The first kappa shape index (κ1) is 23.2. The Labute approximate surface area is 204 Å². The summed E-state index contributed by atoms with van der Waals surface area (Å²) in [6.07, 6.45) is 8.81. The molecule has 1 amide bonds. The molecule has 4 aliphatic carbocycles. The van der Waals surface area contributed by atoms with Crippen LogP contribution in [0.15, 0.2) is 36.4 Å². The van der Waals surface area contributed by atoms with E-state index in [1.54, 1.807) is 0 Å². The van der Waals surface area contributed by atoms with E-state index in [9.17, 15) is 10.1 Å². The van der Waals surface area contributed by atoms with Gasteiger partial charge in [-0.2, -0.15) is 5.26 Å². The number of fused-ring (bicyclic) bond motifs is 1. The maximum absolute atomic E-state index is 13.8. The number of rotatable bonds is 7. The number of hydrogen-bond donors (Lipinski definition) is 2. The van der Waals surface area contributed by atoms with Crippen molar-refractivity contribution in [2.24, 2.45) is 29.1 Å². The van der Waals surface area contributed by atoms with E-state index in [0.717, 1.165) is 40.6 Å². The Balaban J connectivity index is 1.40. The standard InChI is InChI=1S/C30H39N3O/c1-19(2)11-27(32-26-10-9-23(18-31)24-7-5-6-8-25(24)26)28(34)33-29(3,4)30-15-20-12-21(16-30)14-22(13-20)17-30/h5-10,19-22,27,32H,11-17H2,1-4H3,(H,33,34)/t20?,21?,22?,27-,30?/m0/s1. The van der Waals surface area contributed by atoms with Crippen LogP contribution in [0, 0.1) is 40.4 Å². The highest BCUT2D eigenvalue weighted by Crippen LogP contribution is 2.63. The summed E-state index contributed by atoms with van der Waals surface area (Å²) in [5.74, 6) is 3.06. The van der Waals surface area contributed by atoms with Crippen molar-refractivity contribution in [3.05, 3.63) is 42.0 Å². The first-order valence-corrected chi connectivity index (χ1v) is 13.2. The van der Waals surface area contributed by atoms with E-state index in [0.29, 0.717) is 11.5 Å². The molecule has 4 fully saturated rings. The van der Waals surface area contributed by atoms with Gasteiger partial charge in [0.25, 0.3) is 0 Å². The van der Waals surface area contributed by atoms with Gasteiger partial charge >= 0.3 is 0 Å². The summed E-state index contributed by atoms with van der Waals surface area (Å²) < 4.78 is 0. The quantitative estimate of drug-likeness (QED) is 0.489. The Bertz CT molecular complexity index is 1090. The Hall–Kier alpha value is -2.54. The minimum atomic E-state index is -0.315. The largest absolute Gasteiger partial charge is 0.373 e. The van der Waals surface area contributed by atoms with Gasteiger partial charge in [0.05, 0.1) is 11.6 Å². The van der Waals surface area contributed by atoms with Crippen LogP contribution in [0.3, 0.4) is 0 Å². The molecule has 2 aromatic carbocycles. The van der Waals surface area contributed by atoms with E-state index >= 15 is 0 Å². The van der Waals surface area contributed by atoms with Crippen LogP contribution in [0.2, 0.25) is 0 Å². The van der Waals surface area contributed by atoms with Gasteiger partial charge in [-0.15, -0.1) is 0 Å². The fourth-order valence-electron chi connectivity index (χ4n) is 7.82. The van der Waals surface area contributed by atoms with Crippen LogP contribution >= 0.6 is 0 Å². The molecule has 1 atom stereocenters. The second kappa shape index (κ2) is 8.59. The Morgan fingerprint density at radius 3 is 2.18 bits per heavy atom. The third kappa shape index (κ3) is 4.08. The predicted molar refractivity (Wildman–Crippen MR) is 138 cm³/mol. The summed E-state index contributed by atoms with van der Waals surface area (Å²) in [6.45, 7) is 8.90. The molecule has 0 saturated heterocycles. The molecule has 34 heavy (non-hydrogen) atoms. The van der Waals surface area contributed by atoms with Crippen molar-refractivity contribution >= 4 is 22.4 Å². The van der Waals surface area contributed by atoms with Gasteiger partial charge in [0.1, 0.15) is 6.04 Å². The highest BCUT2D eigenvalue weighted by molar-refractivity contribution is 5.99. The number of carbonyl (C=O) groups excluding carboxylic acids is 1. The van der Waals surface area contributed by atoms with Crippen LogP contribution < -0.4 is 10.6 Å². The summed E-state index contributed by atoms with van der Waals surface area (Å²) in [4.78, 5) is 13.8. The van der Waals surface area contributed by atoms with Gasteiger partial charge in [-0.05, 0) is 100 Å². The Morgan fingerprint density at radius 2 is 1.62 bits per heavy atom. The van der Waals surface area contributed by atoms with Crippen molar-refractivity contribution in [2.75, 3.05) is 5.32 Å². The van der Waals surface area contributed by atoms with E-state index in [2.05, 4.69) is 44.4 Å². The zero-order chi connectivity index (χ0) is 24.1. The Kier molecular flexibility index (Phi) is 5.87. The van der Waals surface area contributed by atoms with Gasteiger partial charge in [-0.1, -0.05) is 38.1 Å². The summed E-state index contributed by atoms with van der Waals surface area (Å²) in [5.41, 5.74) is 1.60. The maximum atomic E-state index is 13.8. The average Bonchev–Trinajstić information content (AvgIpc) is 2.77. The number of hydrogen-bond acceptors (Lipinski definition) is 3. The molecule has 4 heteroatoms. The molecule has 0 spiro atoms. The van der Waals surface area contributed by atoms with Crippen molar-refractivity contribution in [3.63, 3.8) is 0 Å². The van der Waals surface area contributed by atoms with Gasteiger partial charge in [0.15, 0.2) is 0 Å². The van der Waals surface area contributed by atoms with Crippen molar-refractivity contribution in [2.45, 2.75) is 84.2 Å². The van der Waals surface area contributed by atoms with E-state index in [-0.39, 0.29) is 22.9 Å². The number of nitrogens with zero attached hydrogens (tertiary/aromatic N) is 1. The van der Waals surface area contributed by atoms with Gasteiger partial charge in [0, 0.05) is 22.0 Å². The molecule has 0 aromatic heterocycles. The number of nitriles is 1. The summed E-state index contributed by atoms with van der Waals surface area (Å²) in [7, 11) is 0. The lowest BCUT2D eigenvalue weighted by Gasteiger charge is -2.62. The number of anilines is 1. The van der Waals surface area contributed by atoms with Gasteiger partial charge in [-0.3, -0.25) is 4.79 Å². The molecule has 4 aliphatic rings. The summed E-state index contributed by atoms with van der Waals surface area (Å²) in [5, 5.41) is 18.6. The number of benzene rings is 2. The highest BCUT2D eigenvalue weighted by Gasteiger charge is 2.57. The smallest absolute Gasteiger partial charge is 0.242 e. The van der Waals surface area contributed by atoms with Crippen molar-refractivity contribution < 1.29 is 4.79 Å². The first-order chi connectivity index (χ1) is 16.2. The van der Waals surface area contributed by atoms with Crippen LogP contribution in [-0.2, 0) is 4.79 Å². The van der Waals surface area contributed by atoms with E-state index in [1.165, 1.54) is 38.5 Å². The lowest BCUT2D eigenvalue weighted by molar-refractivity contribution is -0.133. The van der Waals surface area contributed by atoms with Crippen LogP contribution in [0.1, 0.15) is 78.2 Å². The van der Waals surface area contributed by atoms with Crippen LogP contribution in [0.4, 0.5) is 5.69 Å². The monoisotopic (exact) mass is 457 g/mol. The molecule has 180 valence electrons. The van der Waals surface area contributed by atoms with Crippen LogP contribution in [0.5, 0.6) is 0 Å². The minimum absolute atomic E-state index is 0.0999. The summed E-state index contributed by atoms with van der Waals surface area (Å²) >= 11 is 0. The normalized spacial score (nSPS) is 28.6. The number of nitrogens with one attached hydrogen (secondary N) is 2. The van der Waals surface area contributed by atoms with E-state index < -0.39 is 0 Å². The Morgan fingerprint density at radius 1 is 1.03 bits per heavy atom. The zero-order valence-electron chi connectivity index (χ0n) is 21.2. The highest BCUT2D eigenvalue weighted by atomic mass is 16.2. The predicted octanol–water partition coefficient (Wildman–Crippen LogP) is 6.65. The molecule has 0 heterocycles. The summed E-state index contributed by atoms with van der Waals surface area (Å²) in [6, 6.07) is 13.7. The molecular weight excluding hydrogens is 418 g/mol. The fourth-order valence-corrected chi connectivity index (χ4v) is 7.82. The molecule has 6 rings (SSSR count). The minimum Gasteiger partial charge on any atom is -0.373 e. The number of carbonyl (C=O) groups is 1. The average molecular weight is 458 g/mol. The van der Waals surface area contributed by atoms with Crippen LogP contribution in [0.25, 0.3) is 10.8 Å². The van der Waals surface area contributed by atoms with E-state index in [4.69, 9.17) is 0 Å². The van der Waals surface area contributed by atoms with Crippen molar-refractivity contribution in [3.8, 4) is 6.07 Å². The molecule has 4 bridgehead atoms. The maximum Gasteiger partial charge on any atom is 0.242 e. The van der Waals surface area contributed by atoms with Gasteiger partial charge in [0.2, 0.25) is 5.91 Å². The molecule has 4 nitrogen and oxygen atoms in total. The molecular formula is C30H39N3O. The lowest BCUT2D eigenvalue weighted by Crippen LogP contribution is -2.64. The van der Waals surface area contributed by atoms with Crippen LogP contribution in [-0.4, -0.2) is 17.5 Å². The molecule has 2 aromatic rings. The third-order valence-electron chi connectivity index (χ3n) is 9.20. The van der Waals surface area contributed by atoms with Gasteiger partial charge < -0.3 is 10.6 Å². The van der Waals surface area contributed by atoms with Crippen molar-refractivity contribution in [1.82, 2.24) is 5.32 Å². The van der Waals surface area contributed by atoms with Crippen molar-refractivity contribution in [1.29, 1.82) is 5.26 Å². The zero-order valence-corrected chi connectivity index (χ0v) is 21.2. The number of amides is 1. The molecule has 2 N–H and O–H groups in total. The molecule has 0 aliphatic heterocycles.